The van der Waals surface area contributed by atoms with Crippen molar-refractivity contribution >= 4 is 17.8 Å². The molecule has 5 heteroatoms. The van der Waals surface area contributed by atoms with Crippen LogP contribution in [0.2, 0.25) is 0 Å². The normalized spacial score (nSPS) is 17.9. The summed E-state index contributed by atoms with van der Waals surface area (Å²) < 4.78 is 0. The smallest absolute Gasteiger partial charge is 0.345 e. The van der Waals surface area contributed by atoms with Crippen LogP contribution < -0.4 is 5.73 Å². The van der Waals surface area contributed by atoms with Gasteiger partial charge in [-0.1, -0.05) is 0 Å². The Bertz CT molecular complexity index is 276. The van der Waals surface area contributed by atoms with Crippen molar-refractivity contribution in [1.82, 2.24) is 4.90 Å². The number of hydrogen-bond acceptors (Lipinski definition) is 3. The Hall–Kier alpha value is -1.61. The molecule has 0 aromatic heterocycles. The monoisotopic (exact) mass is 153 g/mol. The van der Waals surface area contributed by atoms with Crippen molar-refractivity contribution in [2.45, 2.75) is 0 Å². The van der Waals surface area contributed by atoms with Crippen LogP contribution >= 0.6 is 0 Å². The van der Waals surface area contributed by atoms with Crippen molar-refractivity contribution in [2.24, 2.45) is 10.7 Å². The van der Waals surface area contributed by atoms with Crippen molar-refractivity contribution in [3.8, 4) is 0 Å². The highest BCUT2D eigenvalue weighted by atomic mass is 16.2. The van der Waals surface area contributed by atoms with Gasteiger partial charge in [-0.25, -0.2) is 9.59 Å². The lowest BCUT2D eigenvalue weighted by molar-refractivity contribution is 0.221. The van der Waals surface area contributed by atoms with E-state index in [1.165, 1.54) is 11.9 Å². The van der Waals surface area contributed by atoms with Crippen LogP contribution in [0, 0.1) is 0 Å². The molecule has 2 amide bonds. The molecule has 0 unspecified atom stereocenters. The fraction of sp³-hybridized carbons (Fsp3) is 0.333. The Morgan fingerprint density at radius 2 is 2.36 bits per heavy atom. The van der Waals surface area contributed by atoms with Crippen LogP contribution in [0.3, 0.4) is 0 Å². The second-order valence-electron chi connectivity index (χ2n) is 2.22. The van der Waals surface area contributed by atoms with Gasteiger partial charge in [-0.15, -0.1) is 0 Å². The summed E-state index contributed by atoms with van der Waals surface area (Å²) in [5.41, 5.74) is 5.47. The summed E-state index contributed by atoms with van der Waals surface area (Å²) in [7, 11) is 1.54. The number of carbonyl (C=O) groups is 1. The summed E-state index contributed by atoms with van der Waals surface area (Å²) in [5.74, 6) is 1.60. The lowest BCUT2D eigenvalue weighted by Crippen LogP contribution is -2.37. The van der Waals surface area contributed by atoms with Crippen LogP contribution in [0.15, 0.2) is 10.6 Å². The third-order valence-electron chi connectivity index (χ3n) is 1.37. The predicted molar refractivity (Wildman–Crippen MR) is 38.9 cm³/mol. The molecule has 1 aliphatic rings. The molecule has 0 saturated heterocycles. The molecule has 0 bridgehead atoms. The molecule has 11 heavy (non-hydrogen) atoms. The lowest BCUT2D eigenvalue weighted by atomic mass is 10.2. The SMILES string of the molecule is CN1CC(=C=O)C(N)=NC1=O. The highest BCUT2D eigenvalue weighted by molar-refractivity contribution is 6.10. The summed E-state index contributed by atoms with van der Waals surface area (Å²) >= 11 is 0. The van der Waals surface area contributed by atoms with E-state index < -0.39 is 6.03 Å². The number of rotatable bonds is 0. The van der Waals surface area contributed by atoms with Crippen molar-refractivity contribution in [2.75, 3.05) is 13.6 Å². The third kappa shape index (κ3) is 1.28. The summed E-state index contributed by atoms with van der Waals surface area (Å²) in [5, 5.41) is 0. The molecule has 0 fully saturated rings. The first kappa shape index (κ1) is 7.50. The second-order valence-corrected chi connectivity index (χ2v) is 2.22. The van der Waals surface area contributed by atoms with E-state index in [1.54, 1.807) is 5.94 Å². The van der Waals surface area contributed by atoms with Gasteiger partial charge in [0.15, 0.2) is 0 Å². The second kappa shape index (κ2) is 2.56. The molecule has 0 atom stereocenters. The van der Waals surface area contributed by atoms with Crippen LogP contribution in [-0.2, 0) is 4.79 Å². The molecular weight excluding hydrogens is 146 g/mol. The Balaban J connectivity index is 3.04. The highest BCUT2D eigenvalue weighted by Crippen LogP contribution is 2.03. The molecule has 1 heterocycles. The number of hydrogen-bond donors (Lipinski definition) is 1. The first-order chi connectivity index (χ1) is 5.15. The fourth-order valence-electron chi connectivity index (χ4n) is 0.726. The molecule has 0 saturated carbocycles. The Morgan fingerprint density at radius 3 is 2.91 bits per heavy atom. The van der Waals surface area contributed by atoms with E-state index in [4.69, 9.17) is 5.73 Å². The topological polar surface area (TPSA) is 75.8 Å². The zero-order chi connectivity index (χ0) is 8.43. The number of likely N-dealkylation sites (N-methyl/N-ethyl adjacent to an activating group) is 1. The largest absolute Gasteiger partial charge is 0.383 e. The molecule has 0 radical (unpaired) electrons. The number of aliphatic imine (C=N–C) groups is 1. The minimum absolute atomic E-state index is 0.0249. The zero-order valence-electron chi connectivity index (χ0n) is 6.00. The molecule has 1 rings (SSSR count). The Labute approximate surface area is 63.2 Å². The van der Waals surface area contributed by atoms with Gasteiger partial charge in [0.2, 0.25) is 0 Å². The van der Waals surface area contributed by atoms with Gasteiger partial charge in [0, 0.05) is 7.05 Å². The van der Waals surface area contributed by atoms with Crippen LogP contribution in [-0.4, -0.2) is 36.3 Å². The number of nitrogens with zero attached hydrogens (tertiary/aromatic N) is 2. The number of urea groups is 1. The lowest BCUT2D eigenvalue weighted by Gasteiger charge is -2.18. The molecular formula is C6H7N3O2. The number of amides is 2. The number of nitrogens with two attached hydrogens (primary N) is 1. The third-order valence-corrected chi connectivity index (χ3v) is 1.37. The Morgan fingerprint density at radius 1 is 1.73 bits per heavy atom. The highest BCUT2D eigenvalue weighted by Gasteiger charge is 2.19. The van der Waals surface area contributed by atoms with Crippen molar-refractivity contribution in [1.29, 1.82) is 0 Å². The van der Waals surface area contributed by atoms with Gasteiger partial charge in [0.1, 0.15) is 11.8 Å². The van der Waals surface area contributed by atoms with Crippen molar-refractivity contribution < 1.29 is 9.59 Å². The zero-order valence-corrected chi connectivity index (χ0v) is 6.00. The van der Waals surface area contributed by atoms with Crippen molar-refractivity contribution in [3.05, 3.63) is 5.57 Å². The maximum Gasteiger partial charge on any atom is 0.345 e. The molecule has 0 aromatic carbocycles. The van der Waals surface area contributed by atoms with Crippen LogP contribution in [0.25, 0.3) is 0 Å². The van der Waals surface area contributed by atoms with Crippen LogP contribution in [0.5, 0.6) is 0 Å². The maximum absolute atomic E-state index is 10.8. The van der Waals surface area contributed by atoms with Gasteiger partial charge in [0.05, 0.1) is 12.1 Å². The predicted octanol–water partition coefficient (Wildman–Crippen LogP) is -0.833. The molecule has 2 N–H and O–H groups in total. The van der Waals surface area contributed by atoms with Crippen molar-refractivity contribution in [3.63, 3.8) is 0 Å². The summed E-state index contributed by atoms with van der Waals surface area (Å²) in [6, 6.07) is -0.429. The quantitative estimate of drug-likeness (QED) is 0.461. The summed E-state index contributed by atoms with van der Waals surface area (Å²) in [6.45, 7) is 0.192. The molecule has 0 aromatic rings. The number of amidine groups is 1. The van der Waals surface area contributed by atoms with Gasteiger partial charge in [-0.2, -0.15) is 4.99 Å². The van der Waals surface area contributed by atoms with Crippen LogP contribution in [0.1, 0.15) is 0 Å². The summed E-state index contributed by atoms with van der Waals surface area (Å²) in [6.07, 6.45) is 0. The van der Waals surface area contributed by atoms with Crippen LogP contribution in [0.4, 0.5) is 4.79 Å². The van der Waals surface area contributed by atoms with Gasteiger partial charge in [0.25, 0.3) is 0 Å². The molecule has 58 valence electrons. The minimum atomic E-state index is -0.429. The van der Waals surface area contributed by atoms with E-state index >= 15 is 0 Å². The van der Waals surface area contributed by atoms with Gasteiger partial charge >= 0.3 is 6.03 Å². The first-order valence-electron chi connectivity index (χ1n) is 2.98. The summed E-state index contributed by atoms with van der Waals surface area (Å²) in [4.78, 5) is 25.6. The van der Waals surface area contributed by atoms with Gasteiger partial charge in [-0.3, -0.25) is 0 Å². The molecule has 1 aliphatic heterocycles. The van der Waals surface area contributed by atoms with E-state index in [9.17, 15) is 9.59 Å². The van der Waals surface area contributed by atoms with E-state index in [0.29, 0.717) is 0 Å². The van der Waals surface area contributed by atoms with E-state index in [-0.39, 0.29) is 18.0 Å². The maximum atomic E-state index is 10.8. The van der Waals surface area contributed by atoms with E-state index in [1.807, 2.05) is 0 Å². The average Bonchev–Trinajstić information content (AvgIpc) is 1.97. The molecule has 0 spiro atoms. The number of carbonyl (C=O) groups excluding carboxylic acids is 2. The fourth-order valence-corrected chi connectivity index (χ4v) is 0.726. The van der Waals surface area contributed by atoms with Gasteiger partial charge in [-0.05, 0) is 0 Å². The Kier molecular flexibility index (Phi) is 1.74. The standard InChI is InChI=1S/C6H7N3O2/c1-9-2-4(3-10)5(7)8-6(9)11/h2H2,1H3,(H2,7,8,11). The van der Waals surface area contributed by atoms with Gasteiger partial charge < -0.3 is 10.6 Å². The average molecular weight is 153 g/mol. The molecule has 5 nitrogen and oxygen atoms in total. The first-order valence-corrected chi connectivity index (χ1v) is 2.98. The minimum Gasteiger partial charge on any atom is -0.383 e. The molecule has 0 aliphatic carbocycles. The van der Waals surface area contributed by atoms with E-state index in [0.717, 1.165) is 0 Å². The van der Waals surface area contributed by atoms with E-state index in [2.05, 4.69) is 4.99 Å².